The van der Waals surface area contributed by atoms with E-state index in [4.69, 9.17) is 9.47 Å². The van der Waals surface area contributed by atoms with Gasteiger partial charge in [0.15, 0.2) is 0 Å². The van der Waals surface area contributed by atoms with E-state index in [9.17, 15) is 4.79 Å². The van der Waals surface area contributed by atoms with Gasteiger partial charge in [-0.05, 0) is 31.0 Å². The molecular formula is C23H25N3O3. The van der Waals surface area contributed by atoms with Gasteiger partial charge in [0.25, 0.3) is 5.91 Å². The highest BCUT2D eigenvalue weighted by atomic mass is 16.5. The molecule has 1 aromatic heterocycles. The minimum absolute atomic E-state index is 0.0180. The molecule has 2 aliphatic carbocycles. The van der Waals surface area contributed by atoms with E-state index < -0.39 is 0 Å². The van der Waals surface area contributed by atoms with Crippen molar-refractivity contribution < 1.29 is 14.3 Å². The summed E-state index contributed by atoms with van der Waals surface area (Å²) in [6.07, 6.45) is 9.51. The normalized spacial score (nSPS) is 17.9. The Morgan fingerprint density at radius 1 is 1.24 bits per heavy atom. The predicted octanol–water partition coefficient (Wildman–Crippen LogP) is 3.37. The van der Waals surface area contributed by atoms with E-state index in [0.29, 0.717) is 43.7 Å². The second kappa shape index (κ2) is 7.52. The highest BCUT2D eigenvalue weighted by Gasteiger charge is 2.27. The fourth-order valence-corrected chi connectivity index (χ4v) is 3.98. The van der Waals surface area contributed by atoms with Crippen molar-refractivity contribution >= 4 is 17.7 Å². The number of amides is 1. The number of nitrogens with one attached hydrogen (secondary N) is 1. The summed E-state index contributed by atoms with van der Waals surface area (Å²) in [6.45, 7) is 2.43. The number of anilines is 1. The number of nitrogens with zero attached hydrogens (tertiary/aromatic N) is 2. The molecule has 0 radical (unpaired) electrons. The molecular weight excluding hydrogens is 366 g/mol. The van der Waals surface area contributed by atoms with Crippen molar-refractivity contribution in [2.45, 2.75) is 25.3 Å². The molecule has 3 aliphatic rings. The van der Waals surface area contributed by atoms with E-state index >= 15 is 0 Å². The summed E-state index contributed by atoms with van der Waals surface area (Å²) in [5, 5.41) is 3.69. The van der Waals surface area contributed by atoms with Crippen LogP contribution in [-0.4, -0.2) is 55.2 Å². The highest BCUT2D eigenvalue weighted by molar-refractivity contribution is 5.97. The zero-order valence-electron chi connectivity index (χ0n) is 16.6. The SMILES string of the molecule is COc1cc(C(=O)N2CCOCC2)ccc1-c1cnc2c(c1NC1CC1)C=CC2. The van der Waals surface area contributed by atoms with Gasteiger partial charge >= 0.3 is 0 Å². The zero-order chi connectivity index (χ0) is 19.8. The van der Waals surface area contributed by atoms with Gasteiger partial charge in [0.2, 0.25) is 0 Å². The Morgan fingerprint density at radius 3 is 2.83 bits per heavy atom. The number of ether oxygens (including phenoxy) is 2. The molecule has 0 spiro atoms. The summed E-state index contributed by atoms with van der Waals surface area (Å²) in [4.78, 5) is 19.4. The van der Waals surface area contributed by atoms with Crippen LogP contribution in [0.1, 0.15) is 34.5 Å². The van der Waals surface area contributed by atoms with Crippen LogP contribution in [-0.2, 0) is 11.2 Å². The first kappa shape index (κ1) is 18.2. The molecule has 1 aromatic carbocycles. The van der Waals surface area contributed by atoms with Crippen LogP contribution in [0.25, 0.3) is 17.2 Å². The molecule has 1 amide bonds. The molecule has 6 nitrogen and oxygen atoms in total. The maximum Gasteiger partial charge on any atom is 0.254 e. The van der Waals surface area contributed by atoms with Crippen LogP contribution >= 0.6 is 0 Å². The Hall–Kier alpha value is -2.86. The van der Waals surface area contributed by atoms with Crippen LogP contribution in [0.4, 0.5) is 5.69 Å². The van der Waals surface area contributed by atoms with Crippen LogP contribution in [0, 0.1) is 0 Å². The first-order valence-corrected chi connectivity index (χ1v) is 10.2. The molecule has 1 saturated carbocycles. The molecule has 1 aliphatic heterocycles. The van der Waals surface area contributed by atoms with Gasteiger partial charge < -0.3 is 19.7 Å². The quantitative estimate of drug-likeness (QED) is 0.847. The van der Waals surface area contributed by atoms with Gasteiger partial charge in [-0.3, -0.25) is 9.78 Å². The number of benzene rings is 1. The van der Waals surface area contributed by atoms with Crippen LogP contribution < -0.4 is 10.1 Å². The lowest BCUT2D eigenvalue weighted by atomic mass is 9.99. The maximum atomic E-state index is 12.9. The molecule has 1 saturated heterocycles. The molecule has 0 atom stereocenters. The minimum Gasteiger partial charge on any atom is -0.496 e. The monoisotopic (exact) mass is 391 g/mol. The lowest BCUT2D eigenvalue weighted by Crippen LogP contribution is -2.40. The Labute approximate surface area is 170 Å². The molecule has 1 N–H and O–H groups in total. The predicted molar refractivity (Wildman–Crippen MR) is 112 cm³/mol. The summed E-state index contributed by atoms with van der Waals surface area (Å²) in [5.74, 6) is 0.705. The summed E-state index contributed by atoms with van der Waals surface area (Å²) >= 11 is 0. The largest absolute Gasteiger partial charge is 0.496 e. The average Bonchev–Trinajstić information content (AvgIpc) is 3.46. The number of carbonyl (C=O) groups excluding carboxylic acids is 1. The van der Waals surface area contributed by atoms with E-state index in [0.717, 1.165) is 28.9 Å². The van der Waals surface area contributed by atoms with Gasteiger partial charge in [-0.15, -0.1) is 0 Å². The summed E-state index contributed by atoms with van der Waals surface area (Å²) in [7, 11) is 1.65. The summed E-state index contributed by atoms with van der Waals surface area (Å²) in [5.41, 5.74) is 6.00. The molecule has 150 valence electrons. The van der Waals surface area contributed by atoms with Crippen molar-refractivity contribution in [3.63, 3.8) is 0 Å². The fraction of sp³-hybridized carbons (Fsp3) is 0.391. The number of rotatable bonds is 5. The van der Waals surface area contributed by atoms with Crippen molar-refractivity contribution in [3.05, 3.63) is 47.3 Å². The number of pyridine rings is 1. The van der Waals surface area contributed by atoms with Gasteiger partial charge in [-0.25, -0.2) is 0 Å². The van der Waals surface area contributed by atoms with Crippen LogP contribution in [0.3, 0.4) is 0 Å². The van der Waals surface area contributed by atoms with E-state index in [2.05, 4.69) is 22.5 Å². The molecule has 6 heteroatoms. The maximum absolute atomic E-state index is 12.9. The lowest BCUT2D eigenvalue weighted by Gasteiger charge is -2.27. The molecule has 2 aromatic rings. The van der Waals surface area contributed by atoms with Crippen LogP contribution in [0.15, 0.2) is 30.5 Å². The number of allylic oxidation sites excluding steroid dienone is 1. The van der Waals surface area contributed by atoms with E-state index in [1.54, 1.807) is 7.11 Å². The highest BCUT2D eigenvalue weighted by Crippen LogP contribution is 2.41. The van der Waals surface area contributed by atoms with E-state index in [1.165, 1.54) is 18.4 Å². The number of hydrogen-bond donors (Lipinski definition) is 1. The molecule has 2 heterocycles. The van der Waals surface area contributed by atoms with Gasteiger partial charge in [0.1, 0.15) is 5.75 Å². The van der Waals surface area contributed by atoms with Gasteiger partial charge in [-0.1, -0.05) is 12.2 Å². The topological polar surface area (TPSA) is 63.7 Å². The summed E-state index contributed by atoms with van der Waals surface area (Å²) in [6, 6.07) is 6.24. The molecule has 2 fully saturated rings. The molecule has 0 unspecified atom stereocenters. The standard InChI is InChI=1S/C23H25N3O3/c1-28-21-13-15(23(27)26-9-11-29-12-10-26)5-8-17(21)19-14-24-20-4-2-3-18(20)22(19)25-16-6-7-16/h2-3,5,8,13-14,16H,4,6-7,9-12H2,1H3,(H,24,25). The zero-order valence-corrected chi connectivity index (χ0v) is 16.6. The van der Waals surface area contributed by atoms with E-state index in [-0.39, 0.29) is 5.91 Å². The number of morpholine rings is 1. The molecule has 29 heavy (non-hydrogen) atoms. The number of methoxy groups -OCH3 is 1. The molecule has 5 rings (SSSR count). The first-order valence-electron chi connectivity index (χ1n) is 10.2. The number of carbonyl (C=O) groups is 1. The summed E-state index contributed by atoms with van der Waals surface area (Å²) < 4.78 is 11.1. The Morgan fingerprint density at radius 2 is 2.07 bits per heavy atom. The number of hydrogen-bond acceptors (Lipinski definition) is 5. The lowest BCUT2D eigenvalue weighted by molar-refractivity contribution is 0.0302. The third-order valence-electron chi connectivity index (χ3n) is 5.76. The second-order valence-electron chi connectivity index (χ2n) is 7.75. The van der Waals surface area contributed by atoms with Crippen molar-refractivity contribution in [1.29, 1.82) is 0 Å². The number of fused-ring (bicyclic) bond motifs is 1. The third-order valence-corrected chi connectivity index (χ3v) is 5.76. The minimum atomic E-state index is 0.0180. The van der Waals surface area contributed by atoms with Crippen LogP contribution in [0.5, 0.6) is 5.75 Å². The van der Waals surface area contributed by atoms with Gasteiger partial charge in [-0.2, -0.15) is 0 Å². The molecule has 0 bridgehead atoms. The third kappa shape index (κ3) is 3.49. The van der Waals surface area contributed by atoms with Crippen LogP contribution in [0.2, 0.25) is 0 Å². The van der Waals surface area contributed by atoms with Gasteiger partial charge in [0.05, 0.1) is 31.7 Å². The van der Waals surface area contributed by atoms with Crippen molar-refractivity contribution in [2.24, 2.45) is 0 Å². The first-order chi connectivity index (χ1) is 14.2. The number of aromatic nitrogens is 1. The Kier molecular flexibility index (Phi) is 4.72. The Bertz CT molecular complexity index is 976. The van der Waals surface area contributed by atoms with Crippen molar-refractivity contribution in [3.8, 4) is 16.9 Å². The van der Waals surface area contributed by atoms with Gasteiger partial charge in [0, 0.05) is 54.0 Å². The fourth-order valence-electron chi connectivity index (χ4n) is 3.98. The van der Waals surface area contributed by atoms with Crippen molar-refractivity contribution in [1.82, 2.24) is 9.88 Å². The second-order valence-corrected chi connectivity index (χ2v) is 7.75. The van der Waals surface area contributed by atoms with E-state index in [1.807, 2.05) is 29.3 Å². The average molecular weight is 391 g/mol. The smallest absolute Gasteiger partial charge is 0.254 e. The Balaban J connectivity index is 1.53. The van der Waals surface area contributed by atoms with Crippen molar-refractivity contribution in [2.75, 3.05) is 38.7 Å².